The first-order valence-electron chi connectivity index (χ1n) is 6.47. The Hall–Kier alpha value is -1.84. The minimum absolute atomic E-state index is 0.122. The summed E-state index contributed by atoms with van der Waals surface area (Å²) in [5.41, 5.74) is 1.58. The molecule has 1 aliphatic rings. The topological polar surface area (TPSA) is 49.0 Å². The van der Waals surface area contributed by atoms with Crippen molar-refractivity contribution >= 4 is 16.8 Å². The van der Waals surface area contributed by atoms with Crippen molar-refractivity contribution in [3.05, 3.63) is 30.0 Å². The number of piperidine rings is 1. The normalized spacial score (nSPS) is 20.3. The fourth-order valence-electron chi connectivity index (χ4n) is 2.69. The van der Waals surface area contributed by atoms with Gasteiger partial charge < -0.3 is 4.90 Å². The van der Waals surface area contributed by atoms with Gasteiger partial charge in [0.25, 0.3) is 5.91 Å². The molecule has 1 unspecified atom stereocenters. The lowest BCUT2D eigenvalue weighted by molar-refractivity contribution is 0.0685. The standard InChI is InChI=1S/C14H17N3O/c1-10-4-3-7-17(9-10)14(18)12-6-2-5-11-8-15-16-13(11)12/h2,5-6,8,10H,3-4,7,9H2,1H3,(H,15,16). The zero-order valence-electron chi connectivity index (χ0n) is 10.5. The summed E-state index contributed by atoms with van der Waals surface area (Å²) in [6.07, 6.45) is 4.08. The SMILES string of the molecule is CC1CCCN(C(=O)c2cccc3cn[nH]c23)C1. The van der Waals surface area contributed by atoms with Gasteiger partial charge in [-0.25, -0.2) is 0 Å². The Kier molecular flexibility index (Phi) is 2.78. The lowest BCUT2D eigenvalue weighted by Gasteiger charge is -2.31. The monoisotopic (exact) mass is 243 g/mol. The fourth-order valence-corrected chi connectivity index (χ4v) is 2.69. The second kappa shape index (κ2) is 4.44. The van der Waals surface area contributed by atoms with Gasteiger partial charge in [-0.15, -0.1) is 0 Å². The summed E-state index contributed by atoms with van der Waals surface area (Å²) in [6, 6.07) is 5.76. The van der Waals surface area contributed by atoms with Gasteiger partial charge in [0.15, 0.2) is 0 Å². The smallest absolute Gasteiger partial charge is 0.256 e. The fraction of sp³-hybridized carbons (Fsp3) is 0.429. The number of likely N-dealkylation sites (tertiary alicyclic amines) is 1. The third-order valence-corrected chi connectivity index (χ3v) is 3.65. The van der Waals surface area contributed by atoms with E-state index in [9.17, 15) is 4.79 Å². The van der Waals surface area contributed by atoms with Crippen LogP contribution in [0.3, 0.4) is 0 Å². The van der Waals surface area contributed by atoms with Crippen LogP contribution >= 0.6 is 0 Å². The van der Waals surface area contributed by atoms with E-state index in [-0.39, 0.29) is 5.91 Å². The minimum Gasteiger partial charge on any atom is -0.338 e. The van der Waals surface area contributed by atoms with Crippen molar-refractivity contribution in [2.24, 2.45) is 5.92 Å². The Morgan fingerprint density at radius 3 is 3.22 bits per heavy atom. The lowest BCUT2D eigenvalue weighted by atomic mass is 9.99. The summed E-state index contributed by atoms with van der Waals surface area (Å²) in [4.78, 5) is 14.5. The molecule has 1 amide bonds. The molecule has 3 rings (SSSR count). The molecule has 18 heavy (non-hydrogen) atoms. The van der Waals surface area contributed by atoms with Crippen molar-refractivity contribution in [1.29, 1.82) is 0 Å². The quantitative estimate of drug-likeness (QED) is 0.836. The van der Waals surface area contributed by atoms with Crippen LogP contribution < -0.4 is 0 Å². The number of carbonyl (C=O) groups is 1. The highest BCUT2D eigenvalue weighted by Gasteiger charge is 2.23. The molecule has 1 aliphatic heterocycles. The van der Waals surface area contributed by atoms with E-state index < -0.39 is 0 Å². The number of aromatic amines is 1. The van der Waals surface area contributed by atoms with Gasteiger partial charge in [-0.3, -0.25) is 9.89 Å². The van der Waals surface area contributed by atoms with E-state index in [1.54, 1.807) is 6.20 Å². The van der Waals surface area contributed by atoms with Crippen LogP contribution in [0.25, 0.3) is 10.9 Å². The molecule has 2 heterocycles. The van der Waals surface area contributed by atoms with Gasteiger partial charge >= 0.3 is 0 Å². The van der Waals surface area contributed by atoms with Crippen LogP contribution in [0.4, 0.5) is 0 Å². The van der Waals surface area contributed by atoms with Gasteiger partial charge in [0.2, 0.25) is 0 Å². The molecule has 94 valence electrons. The molecule has 1 aromatic heterocycles. The van der Waals surface area contributed by atoms with Gasteiger partial charge in [0.1, 0.15) is 0 Å². The summed E-state index contributed by atoms with van der Waals surface area (Å²) in [6.45, 7) is 3.94. The van der Waals surface area contributed by atoms with Crippen LogP contribution in [0.5, 0.6) is 0 Å². The van der Waals surface area contributed by atoms with Crippen molar-refractivity contribution < 1.29 is 4.79 Å². The average Bonchev–Trinajstić information content (AvgIpc) is 2.86. The van der Waals surface area contributed by atoms with E-state index in [0.29, 0.717) is 5.92 Å². The molecule has 1 saturated heterocycles. The third-order valence-electron chi connectivity index (χ3n) is 3.65. The zero-order valence-corrected chi connectivity index (χ0v) is 10.5. The Balaban J connectivity index is 1.94. The number of rotatable bonds is 1. The summed E-state index contributed by atoms with van der Waals surface area (Å²) >= 11 is 0. The molecule has 1 N–H and O–H groups in total. The first kappa shape index (κ1) is 11.3. The molecule has 2 aromatic rings. The van der Waals surface area contributed by atoms with Crippen molar-refractivity contribution in [3.8, 4) is 0 Å². The number of nitrogens with one attached hydrogen (secondary N) is 1. The molecule has 1 aromatic carbocycles. The number of H-pyrrole nitrogens is 1. The molecule has 0 saturated carbocycles. The second-order valence-corrected chi connectivity index (χ2v) is 5.14. The number of hydrogen-bond donors (Lipinski definition) is 1. The number of para-hydroxylation sites is 1. The van der Waals surface area contributed by atoms with Crippen molar-refractivity contribution in [3.63, 3.8) is 0 Å². The summed E-state index contributed by atoms with van der Waals surface area (Å²) in [7, 11) is 0. The third kappa shape index (κ3) is 1.88. The summed E-state index contributed by atoms with van der Waals surface area (Å²) in [5, 5.41) is 7.92. The Labute approximate surface area is 106 Å². The number of nitrogens with zero attached hydrogens (tertiary/aromatic N) is 2. The van der Waals surface area contributed by atoms with Crippen LogP contribution in [-0.4, -0.2) is 34.1 Å². The Morgan fingerprint density at radius 1 is 1.50 bits per heavy atom. The highest BCUT2D eigenvalue weighted by molar-refractivity contribution is 6.05. The van der Waals surface area contributed by atoms with Gasteiger partial charge in [0.05, 0.1) is 17.3 Å². The molecule has 0 radical (unpaired) electrons. The maximum absolute atomic E-state index is 12.5. The van der Waals surface area contributed by atoms with Gasteiger partial charge in [0, 0.05) is 18.5 Å². The molecule has 1 atom stereocenters. The summed E-state index contributed by atoms with van der Waals surface area (Å²) < 4.78 is 0. The predicted octanol–water partition coefficient (Wildman–Crippen LogP) is 2.44. The lowest BCUT2D eigenvalue weighted by Crippen LogP contribution is -2.39. The number of hydrogen-bond acceptors (Lipinski definition) is 2. The average molecular weight is 243 g/mol. The van der Waals surface area contributed by atoms with Gasteiger partial charge in [-0.2, -0.15) is 5.10 Å². The molecule has 0 bridgehead atoms. The number of amides is 1. The summed E-state index contributed by atoms with van der Waals surface area (Å²) in [5.74, 6) is 0.722. The molecular formula is C14H17N3O. The van der Waals surface area contributed by atoms with Crippen LogP contribution in [0, 0.1) is 5.92 Å². The zero-order chi connectivity index (χ0) is 12.5. The molecular weight excluding hydrogens is 226 g/mol. The van der Waals surface area contributed by atoms with E-state index in [4.69, 9.17) is 0 Å². The predicted molar refractivity (Wildman–Crippen MR) is 70.4 cm³/mol. The van der Waals surface area contributed by atoms with Crippen molar-refractivity contribution in [2.75, 3.05) is 13.1 Å². The van der Waals surface area contributed by atoms with Gasteiger partial charge in [-0.05, 0) is 24.8 Å². The molecule has 1 fully saturated rings. The number of benzene rings is 1. The van der Waals surface area contributed by atoms with Crippen LogP contribution in [0.2, 0.25) is 0 Å². The van der Waals surface area contributed by atoms with E-state index in [1.807, 2.05) is 23.1 Å². The van der Waals surface area contributed by atoms with Crippen LogP contribution in [0.15, 0.2) is 24.4 Å². The first-order chi connectivity index (χ1) is 8.75. The van der Waals surface area contributed by atoms with Crippen LogP contribution in [-0.2, 0) is 0 Å². The Morgan fingerprint density at radius 2 is 2.39 bits per heavy atom. The number of fused-ring (bicyclic) bond motifs is 1. The molecule has 0 spiro atoms. The largest absolute Gasteiger partial charge is 0.338 e. The van der Waals surface area contributed by atoms with Crippen LogP contribution in [0.1, 0.15) is 30.1 Å². The van der Waals surface area contributed by atoms with Crippen molar-refractivity contribution in [2.45, 2.75) is 19.8 Å². The molecule has 4 nitrogen and oxygen atoms in total. The minimum atomic E-state index is 0.122. The molecule has 0 aliphatic carbocycles. The van der Waals surface area contributed by atoms with E-state index >= 15 is 0 Å². The highest BCUT2D eigenvalue weighted by Crippen LogP contribution is 2.21. The number of carbonyl (C=O) groups excluding carboxylic acids is 1. The molecule has 4 heteroatoms. The Bertz CT molecular complexity index is 575. The second-order valence-electron chi connectivity index (χ2n) is 5.14. The number of aromatic nitrogens is 2. The van der Waals surface area contributed by atoms with E-state index in [2.05, 4.69) is 17.1 Å². The van der Waals surface area contributed by atoms with E-state index in [1.165, 1.54) is 6.42 Å². The van der Waals surface area contributed by atoms with Crippen molar-refractivity contribution in [1.82, 2.24) is 15.1 Å². The van der Waals surface area contributed by atoms with Gasteiger partial charge in [-0.1, -0.05) is 19.1 Å². The van der Waals surface area contributed by atoms with E-state index in [0.717, 1.165) is 36.0 Å². The maximum atomic E-state index is 12.5. The maximum Gasteiger partial charge on any atom is 0.256 e. The first-order valence-corrected chi connectivity index (χ1v) is 6.47. The highest BCUT2D eigenvalue weighted by atomic mass is 16.2.